The van der Waals surface area contributed by atoms with Crippen LogP contribution in [0, 0.1) is 11.8 Å². The van der Waals surface area contributed by atoms with Gasteiger partial charge < -0.3 is 20.6 Å². The summed E-state index contributed by atoms with van der Waals surface area (Å²) in [6.07, 6.45) is 1.37. The molecule has 0 saturated carbocycles. The highest BCUT2D eigenvalue weighted by atomic mass is 35.5. The van der Waals surface area contributed by atoms with Gasteiger partial charge in [0.05, 0.1) is 29.2 Å². The summed E-state index contributed by atoms with van der Waals surface area (Å²) < 4.78 is -1.21. The summed E-state index contributed by atoms with van der Waals surface area (Å²) in [5.41, 5.74) is 1.25. The number of amides is 3. The number of hydrogen-bond acceptors (Lipinski definition) is 5. The van der Waals surface area contributed by atoms with Crippen molar-refractivity contribution in [3.8, 4) is 0 Å². The number of hydrogen-bond donors (Lipinski definition) is 3. The number of nitrogens with zero attached hydrogens (tertiary/aromatic N) is 1. The van der Waals surface area contributed by atoms with Crippen LogP contribution in [0.2, 0.25) is 5.02 Å². The van der Waals surface area contributed by atoms with E-state index in [2.05, 4.69) is 10.6 Å². The lowest BCUT2D eigenvalue weighted by Crippen LogP contribution is -2.54. The van der Waals surface area contributed by atoms with E-state index in [4.69, 9.17) is 11.6 Å². The number of aliphatic hydroxyl groups is 1. The van der Waals surface area contributed by atoms with Crippen LogP contribution in [-0.2, 0) is 14.4 Å². The van der Waals surface area contributed by atoms with Crippen molar-refractivity contribution in [3.63, 3.8) is 0 Å². The summed E-state index contributed by atoms with van der Waals surface area (Å²) in [7, 11) is 0. The summed E-state index contributed by atoms with van der Waals surface area (Å²) >= 11 is 7.58. The first-order chi connectivity index (χ1) is 16.7. The number of aliphatic hydroxyl groups excluding tert-OH is 1. The summed E-state index contributed by atoms with van der Waals surface area (Å²) in [5.74, 6) is -2.00. The van der Waals surface area contributed by atoms with Crippen LogP contribution >= 0.6 is 23.4 Å². The smallest absolute Gasteiger partial charge is 0.248 e. The molecule has 2 unspecified atom stereocenters. The van der Waals surface area contributed by atoms with Gasteiger partial charge in [0.15, 0.2) is 0 Å². The van der Waals surface area contributed by atoms with Crippen LogP contribution in [0.5, 0.6) is 0 Å². The standard InChI is InChI=1S/C26H28ClN3O4S/c1-15(14-31)30-21(23(33)29-18-10-8-16(27)9-11-18)26-13-12-25(2,35-26)19(20(26)24(30)34)22(32)28-17-6-4-3-5-7-17/h3-11,15,19-21,31H,12-14H2,1-2H3,(H,28,32)(H,29,33)/t15-,19+,20+,21?,25-,26?/m1/s1. The minimum Gasteiger partial charge on any atom is -0.394 e. The topological polar surface area (TPSA) is 98.7 Å². The molecular weight excluding hydrogens is 486 g/mol. The zero-order valence-electron chi connectivity index (χ0n) is 19.5. The molecule has 9 heteroatoms. The minimum absolute atomic E-state index is 0.207. The Morgan fingerprint density at radius 2 is 1.71 bits per heavy atom. The second-order valence-corrected chi connectivity index (χ2v) is 12.2. The van der Waals surface area contributed by atoms with Gasteiger partial charge in [-0.05, 0) is 63.1 Å². The zero-order valence-corrected chi connectivity index (χ0v) is 21.1. The van der Waals surface area contributed by atoms with Crippen molar-refractivity contribution in [1.29, 1.82) is 0 Å². The molecule has 35 heavy (non-hydrogen) atoms. The maximum Gasteiger partial charge on any atom is 0.248 e. The van der Waals surface area contributed by atoms with Gasteiger partial charge in [-0.25, -0.2) is 0 Å². The summed E-state index contributed by atoms with van der Waals surface area (Å²) in [5, 5.41) is 16.4. The van der Waals surface area contributed by atoms with Gasteiger partial charge in [-0.1, -0.05) is 29.8 Å². The van der Waals surface area contributed by atoms with E-state index in [1.807, 2.05) is 37.3 Å². The Labute approximate surface area is 213 Å². The van der Waals surface area contributed by atoms with Gasteiger partial charge in [-0.2, -0.15) is 0 Å². The van der Waals surface area contributed by atoms with Crippen molar-refractivity contribution in [2.75, 3.05) is 17.2 Å². The summed E-state index contributed by atoms with van der Waals surface area (Å²) in [4.78, 5) is 42.8. The number of fused-ring (bicyclic) bond motifs is 1. The molecule has 3 aliphatic rings. The molecule has 2 bridgehead atoms. The van der Waals surface area contributed by atoms with Crippen molar-refractivity contribution in [2.24, 2.45) is 11.8 Å². The Morgan fingerprint density at radius 1 is 1.09 bits per heavy atom. The maximum atomic E-state index is 13.9. The largest absolute Gasteiger partial charge is 0.394 e. The molecular formula is C26H28ClN3O4S. The quantitative estimate of drug-likeness (QED) is 0.546. The number of nitrogens with one attached hydrogen (secondary N) is 2. The third kappa shape index (κ3) is 3.82. The molecule has 5 rings (SSSR count). The molecule has 1 spiro atoms. The Bertz CT molecular complexity index is 1160. The Kier molecular flexibility index (Phi) is 6.10. The average Bonchev–Trinajstić information content (AvgIpc) is 3.41. The molecule has 3 heterocycles. The number of carbonyl (C=O) groups excluding carboxylic acids is 3. The third-order valence-electron chi connectivity index (χ3n) is 7.64. The van der Waals surface area contributed by atoms with Gasteiger partial charge in [0, 0.05) is 21.1 Å². The summed E-state index contributed by atoms with van der Waals surface area (Å²) in [6, 6.07) is 14.6. The van der Waals surface area contributed by atoms with Crippen molar-refractivity contribution >= 4 is 52.5 Å². The number of para-hydroxylation sites is 1. The van der Waals surface area contributed by atoms with Gasteiger partial charge in [-0.3, -0.25) is 14.4 Å². The highest BCUT2D eigenvalue weighted by Gasteiger charge is 2.77. The van der Waals surface area contributed by atoms with E-state index in [0.29, 0.717) is 22.8 Å². The Morgan fingerprint density at radius 3 is 2.37 bits per heavy atom. The number of likely N-dealkylation sites (tertiary alicyclic amines) is 1. The first-order valence-corrected chi connectivity index (χ1v) is 13.0. The highest BCUT2D eigenvalue weighted by molar-refractivity contribution is 8.02. The monoisotopic (exact) mass is 513 g/mol. The SMILES string of the molecule is C[C@H](CO)N1C(=O)[C@@H]2[C@@H](C(=O)Nc3ccccc3)[C@@]3(C)CCC2(S3)C1C(=O)Nc1ccc(Cl)cc1. The van der Waals surface area contributed by atoms with Crippen molar-refractivity contribution in [3.05, 3.63) is 59.6 Å². The number of benzene rings is 2. The van der Waals surface area contributed by atoms with Gasteiger partial charge in [0.25, 0.3) is 0 Å². The van der Waals surface area contributed by atoms with E-state index in [0.717, 1.165) is 6.42 Å². The van der Waals surface area contributed by atoms with Gasteiger partial charge in [-0.15, -0.1) is 11.8 Å². The number of anilines is 2. The first-order valence-electron chi connectivity index (χ1n) is 11.8. The number of carbonyl (C=O) groups is 3. The van der Waals surface area contributed by atoms with Gasteiger partial charge >= 0.3 is 0 Å². The number of thioether (sulfide) groups is 1. The lowest BCUT2D eigenvalue weighted by molar-refractivity contribution is -0.141. The van der Waals surface area contributed by atoms with E-state index in [1.54, 1.807) is 43.0 Å². The van der Waals surface area contributed by atoms with Crippen LogP contribution in [-0.4, -0.2) is 55.9 Å². The molecule has 2 aromatic carbocycles. The van der Waals surface area contributed by atoms with Gasteiger partial charge in [0.2, 0.25) is 17.7 Å². The van der Waals surface area contributed by atoms with Crippen molar-refractivity contribution in [2.45, 2.75) is 48.3 Å². The lowest BCUT2D eigenvalue weighted by Gasteiger charge is -2.36. The predicted octanol–water partition coefficient (Wildman–Crippen LogP) is 3.78. The van der Waals surface area contributed by atoms with Crippen molar-refractivity contribution in [1.82, 2.24) is 4.90 Å². The summed E-state index contributed by atoms with van der Waals surface area (Å²) in [6.45, 7) is 3.49. The molecule has 3 aliphatic heterocycles. The molecule has 0 radical (unpaired) electrons. The molecule has 3 amide bonds. The maximum absolute atomic E-state index is 13.9. The van der Waals surface area contributed by atoms with Crippen molar-refractivity contribution < 1.29 is 19.5 Å². The fraction of sp³-hybridized carbons (Fsp3) is 0.423. The molecule has 0 aliphatic carbocycles. The van der Waals surface area contributed by atoms with E-state index in [9.17, 15) is 19.5 Å². The number of rotatable bonds is 6. The molecule has 6 atom stereocenters. The third-order valence-corrected chi connectivity index (χ3v) is 9.88. The lowest BCUT2D eigenvalue weighted by atomic mass is 9.66. The molecule has 2 aromatic rings. The molecule has 7 nitrogen and oxygen atoms in total. The van der Waals surface area contributed by atoms with Crippen LogP contribution in [0.3, 0.4) is 0 Å². The Hall–Kier alpha value is -2.55. The zero-order chi connectivity index (χ0) is 25.0. The first kappa shape index (κ1) is 24.2. The fourth-order valence-electron chi connectivity index (χ4n) is 6.11. The highest BCUT2D eigenvalue weighted by Crippen LogP contribution is 2.71. The molecule has 0 aromatic heterocycles. The van der Waals surface area contributed by atoms with E-state index >= 15 is 0 Å². The molecule has 184 valence electrons. The fourth-order valence-corrected chi connectivity index (χ4v) is 8.58. The molecule has 3 saturated heterocycles. The Balaban J connectivity index is 1.51. The van der Waals surface area contributed by atoms with E-state index < -0.39 is 33.4 Å². The second kappa shape index (κ2) is 8.84. The van der Waals surface area contributed by atoms with E-state index in [1.165, 1.54) is 4.90 Å². The molecule has 3 fully saturated rings. The predicted molar refractivity (Wildman–Crippen MR) is 137 cm³/mol. The van der Waals surface area contributed by atoms with Crippen LogP contribution in [0.15, 0.2) is 54.6 Å². The second-order valence-electron chi connectivity index (χ2n) is 9.86. The molecule has 3 N–H and O–H groups in total. The average molecular weight is 514 g/mol. The van der Waals surface area contributed by atoms with Crippen LogP contribution < -0.4 is 10.6 Å². The number of halogens is 1. The van der Waals surface area contributed by atoms with E-state index in [-0.39, 0.29) is 24.3 Å². The minimum atomic E-state index is -0.806. The van der Waals surface area contributed by atoms with Crippen LogP contribution in [0.25, 0.3) is 0 Å². The van der Waals surface area contributed by atoms with Crippen LogP contribution in [0.1, 0.15) is 26.7 Å². The van der Waals surface area contributed by atoms with Crippen LogP contribution in [0.4, 0.5) is 11.4 Å². The van der Waals surface area contributed by atoms with Gasteiger partial charge in [0.1, 0.15) is 6.04 Å². The normalized spacial score (nSPS) is 31.8.